The van der Waals surface area contributed by atoms with E-state index in [0.29, 0.717) is 13.0 Å². The predicted molar refractivity (Wildman–Crippen MR) is 89.4 cm³/mol. The van der Waals surface area contributed by atoms with Crippen molar-refractivity contribution < 1.29 is 22.6 Å². The lowest BCUT2D eigenvalue weighted by atomic mass is 10.2. The molecule has 0 heterocycles. The molecule has 0 aliphatic carbocycles. The van der Waals surface area contributed by atoms with E-state index in [0.717, 1.165) is 11.6 Å². The fourth-order valence-corrected chi connectivity index (χ4v) is 1.77. The van der Waals surface area contributed by atoms with Crippen LogP contribution in [-0.4, -0.2) is 6.61 Å². The monoisotopic (exact) mass is 340 g/mol. The maximum Gasteiger partial charge on any atom is 0.161 e. The topological polar surface area (TPSA) is 18.5 Å². The van der Waals surface area contributed by atoms with Crippen LogP contribution in [-0.2, 0) is 11.3 Å². The van der Waals surface area contributed by atoms with E-state index in [1.807, 2.05) is 6.92 Å². The number of rotatable bonds is 8. The highest BCUT2D eigenvalue weighted by atomic mass is 19.1. The number of ether oxygens (including phenoxy) is 2. The van der Waals surface area contributed by atoms with E-state index in [1.165, 1.54) is 31.2 Å². The van der Waals surface area contributed by atoms with Gasteiger partial charge >= 0.3 is 0 Å². The number of allylic oxidation sites excluding steroid dienone is 5. The summed E-state index contributed by atoms with van der Waals surface area (Å²) in [4.78, 5) is 0. The van der Waals surface area contributed by atoms with Crippen LogP contribution in [0.25, 0.3) is 0 Å². The average Bonchev–Trinajstić information content (AvgIpc) is 2.54. The third kappa shape index (κ3) is 6.62. The number of benzene rings is 1. The molecule has 0 aliphatic rings. The minimum atomic E-state index is -0.677. The molecular weight excluding hydrogens is 317 g/mol. The summed E-state index contributed by atoms with van der Waals surface area (Å²) in [5, 5.41) is 0. The number of hydrogen-bond acceptors (Lipinski definition) is 2. The van der Waals surface area contributed by atoms with E-state index in [9.17, 15) is 13.2 Å². The van der Waals surface area contributed by atoms with Gasteiger partial charge in [-0.25, -0.2) is 13.2 Å². The smallest absolute Gasteiger partial charge is 0.161 e. The van der Waals surface area contributed by atoms with Crippen molar-refractivity contribution in [2.24, 2.45) is 0 Å². The van der Waals surface area contributed by atoms with Gasteiger partial charge in [0.2, 0.25) is 0 Å². The van der Waals surface area contributed by atoms with Crippen LogP contribution in [0, 0.1) is 5.82 Å². The summed E-state index contributed by atoms with van der Waals surface area (Å²) >= 11 is 0. The molecule has 1 rings (SSSR count). The molecular formula is C19H23F3O2. The molecule has 1 aromatic rings. The SMILES string of the molecule is CCOCc1cc(OC(/C=C(F)\C=C(\C)CC)=C(/C)F)ccc1F. The zero-order valence-corrected chi connectivity index (χ0v) is 14.5. The summed E-state index contributed by atoms with van der Waals surface area (Å²) in [5.41, 5.74) is 1.11. The highest BCUT2D eigenvalue weighted by Gasteiger charge is 2.09. The van der Waals surface area contributed by atoms with Crippen LogP contribution in [0.3, 0.4) is 0 Å². The molecule has 0 atom stereocenters. The average molecular weight is 340 g/mol. The van der Waals surface area contributed by atoms with Crippen LogP contribution >= 0.6 is 0 Å². The van der Waals surface area contributed by atoms with E-state index in [2.05, 4.69) is 0 Å². The van der Waals surface area contributed by atoms with Crippen molar-refractivity contribution in [1.29, 1.82) is 0 Å². The molecule has 0 bridgehead atoms. The quantitative estimate of drug-likeness (QED) is 0.417. The summed E-state index contributed by atoms with van der Waals surface area (Å²) < 4.78 is 51.7. The van der Waals surface area contributed by atoms with Gasteiger partial charge in [0.05, 0.1) is 6.61 Å². The van der Waals surface area contributed by atoms with Gasteiger partial charge in [-0.15, -0.1) is 0 Å². The van der Waals surface area contributed by atoms with Crippen LogP contribution in [0.1, 0.15) is 39.7 Å². The van der Waals surface area contributed by atoms with Crippen molar-refractivity contribution >= 4 is 0 Å². The lowest BCUT2D eigenvalue weighted by Crippen LogP contribution is -1.99. The molecule has 2 nitrogen and oxygen atoms in total. The number of halogens is 3. The van der Waals surface area contributed by atoms with Crippen LogP contribution < -0.4 is 4.74 Å². The first-order valence-corrected chi connectivity index (χ1v) is 7.82. The molecule has 0 saturated carbocycles. The molecule has 1 aromatic carbocycles. The van der Waals surface area contributed by atoms with Gasteiger partial charge in [0, 0.05) is 18.2 Å². The van der Waals surface area contributed by atoms with Crippen LogP contribution in [0.4, 0.5) is 13.2 Å². The van der Waals surface area contributed by atoms with Crippen molar-refractivity contribution in [2.45, 2.75) is 40.7 Å². The molecule has 0 radical (unpaired) electrons. The van der Waals surface area contributed by atoms with E-state index < -0.39 is 17.5 Å². The summed E-state index contributed by atoms with van der Waals surface area (Å²) in [6.45, 7) is 7.16. The van der Waals surface area contributed by atoms with Gasteiger partial charge < -0.3 is 9.47 Å². The summed E-state index contributed by atoms with van der Waals surface area (Å²) in [7, 11) is 0. The Morgan fingerprint density at radius 3 is 2.42 bits per heavy atom. The predicted octanol–water partition coefficient (Wildman–Crippen LogP) is 6.15. The highest BCUT2D eigenvalue weighted by Crippen LogP contribution is 2.23. The first-order valence-electron chi connectivity index (χ1n) is 7.82. The molecule has 132 valence electrons. The summed E-state index contributed by atoms with van der Waals surface area (Å²) in [6.07, 6.45) is 2.98. The van der Waals surface area contributed by atoms with Crippen LogP contribution in [0.15, 0.2) is 53.3 Å². The zero-order chi connectivity index (χ0) is 18.1. The van der Waals surface area contributed by atoms with Gasteiger partial charge in [0.15, 0.2) is 5.76 Å². The Balaban J connectivity index is 3.02. The Morgan fingerprint density at radius 2 is 1.83 bits per heavy atom. The summed E-state index contributed by atoms with van der Waals surface area (Å²) in [5.74, 6) is -1.79. The lowest BCUT2D eigenvalue weighted by molar-refractivity contribution is 0.131. The molecule has 0 aromatic heterocycles. The molecule has 0 amide bonds. The largest absolute Gasteiger partial charge is 0.455 e. The zero-order valence-electron chi connectivity index (χ0n) is 14.5. The molecule has 24 heavy (non-hydrogen) atoms. The Labute approximate surface area is 141 Å². The second-order valence-corrected chi connectivity index (χ2v) is 5.26. The molecule has 0 N–H and O–H groups in total. The molecule has 0 fully saturated rings. The minimum absolute atomic E-state index is 0.0792. The maximum atomic E-state index is 13.9. The summed E-state index contributed by atoms with van der Waals surface area (Å²) in [6, 6.07) is 3.97. The van der Waals surface area contributed by atoms with Crippen molar-refractivity contribution in [1.82, 2.24) is 0 Å². The molecule has 5 heteroatoms. The van der Waals surface area contributed by atoms with Gasteiger partial charge in [-0.05, 0) is 51.5 Å². The van der Waals surface area contributed by atoms with Gasteiger partial charge in [-0.3, -0.25) is 0 Å². The fourth-order valence-electron chi connectivity index (χ4n) is 1.77. The first kappa shape index (κ1) is 20.0. The molecule has 0 spiro atoms. The third-order valence-electron chi connectivity index (χ3n) is 3.26. The molecule has 0 saturated heterocycles. The van der Waals surface area contributed by atoms with E-state index in [1.54, 1.807) is 13.8 Å². The standard InChI is InChI=1S/C19H23F3O2/c1-5-13(3)9-16(21)11-19(14(4)20)24-17-7-8-18(22)15(10-17)12-23-6-2/h7-11H,5-6,12H2,1-4H3/b13-9-,16-11+,19-14-. The van der Waals surface area contributed by atoms with Crippen LogP contribution in [0.5, 0.6) is 5.75 Å². The van der Waals surface area contributed by atoms with Gasteiger partial charge in [0.1, 0.15) is 23.2 Å². The fraction of sp³-hybridized carbons (Fsp3) is 0.368. The molecule has 0 unspecified atom stereocenters. The maximum absolute atomic E-state index is 13.9. The Morgan fingerprint density at radius 1 is 1.12 bits per heavy atom. The first-order chi connectivity index (χ1) is 11.4. The van der Waals surface area contributed by atoms with Gasteiger partial charge in [-0.2, -0.15) is 0 Å². The Kier molecular flexibility index (Phi) is 8.33. The minimum Gasteiger partial charge on any atom is -0.455 e. The lowest BCUT2D eigenvalue weighted by Gasteiger charge is -2.10. The van der Waals surface area contributed by atoms with Crippen molar-refractivity contribution in [3.63, 3.8) is 0 Å². The second-order valence-electron chi connectivity index (χ2n) is 5.26. The van der Waals surface area contributed by atoms with Gasteiger partial charge in [0.25, 0.3) is 0 Å². The Hall–Kier alpha value is -2.01. The third-order valence-corrected chi connectivity index (χ3v) is 3.26. The van der Waals surface area contributed by atoms with Gasteiger partial charge in [-0.1, -0.05) is 12.5 Å². The molecule has 0 aliphatic heterocycles. The van der Waals surface area contributed by atoms with E-state index in [-0.39, 0.29) is 23.7 Å². The second kappa shape index (κ2) is 9.98. The van der Waals surface area contributed by atoms with Crippen molar-refractivity contribution in [3.8, 4) is 5.75 Å². The van der Waals surface area contributed by atoms with E-state index >= 15 is 0 Å². The van der Waals surface area contributed by atoms with Crippen molar-refractivity contribution in [3.05, 3.63) is 64.7 Å². The van der Waals surface area contributed by atoms with Crippen LogP contribution in [0.2, 0.25) is 0 Å². The van der Waals surface area contributed by atoms with Crippen molar-refractivity contribution in [2.75, 3.05) is 6.61 Å². The number of hydrogen-bond donors (Lipinski definition) is 0. The van der Waals surface area contributed by atoms with E-state index in [4.69, 9.17) is 9.47 Å². The highest BCUT2D eigenvalue weighted by molar-refractivity contribution is 5.34. The Bertz CT molecular complexity index is 642. The normalized spacial score (nSPS) is 13.8.